The monoisotopic (exact) mass is 719 g/mol. The number of esters is 6. The number of aromatic nitrogens is 1. The lowest BCUT2D eigenvalue weighted by atomic mass is 9.45. The van der Waals surface area contributed by atoms with E-state index in [0.717, 1.165) is 34.6 Å². The lowest BCUT2D eigenvalue weighted by Gasteiger charge is -2.66. The van der Waals surface area contributed by atoms with Crippen LogP contribution in [0.25, 0.3) is 0 Å². The molecule has 278 valence electrons. The van der Waals surface area contributed by atoms with Crippen LogP contribution in [0.3, 0.4) is 0 Å². The molecule has 1 spiro atoms. The van der Waals surface area contributed by atoms with Gasteiger partial charge in [0.1, 0.15) is 48.1 Å². The third kappa shape index (κ3) is 5.56. The average molecular weight is 720 g/mol. The summed E-state index contributed by atoms with van der Waals surface area (Å²) in [5.74, 6) is -10.7. The molecule has 17 nitrogen and oxygen atoms in total. The molecule has 2 aliphatic carbocycles. The Balaban J connectivity index is 1.92. The van der Waals surface area contributed by atoms with Crippen LogP contribution in [0.5, 0.6) is 0 Å². The summed E-state index contributed by atoms with van der Waals surface area (Å²) in [5.41, 5.74) is -10.0. The van der Waals surface area contributed by atoms with E-state index >= 15 is 0 Å². The number of aliphatic hydroxyl groups excluding tert-OH is 1. The fourth-order valence-corrected chi connectivity index (χ4v) is 8.41. The molecule has 4 aliphatic rings. The average Bonchev–Trinajstić information content (AvgIpc) is 3.27. The number of rotatable bonds is 5. The van der Waals surface area contributed by atoms with E-state index in [1.807, 2.05) is 0 Å². The lowest BCUT2D eigenvalue weighted by Crippen LogP contribution is -2.88. The van der Waals surface area contributed by atoms with Gasteiger partial charge in [0.15, 0.2) is 23.6 Å². The molecule has 0 radical (unpaired) electrons. The number of cyclic esters (lactones) is 1. The predicted octanol–water partition coefficient (Wildman–Crippen LogP) is 0.100. The Morgan fingerprint density at radius 3 is 2.12 bits per heavy atom. The number of carbonyl (C=O) groups excluding carboxylic acids is 7. The minimum Gasteiger partial charge on any atom is -0.465 e. The molecule has 0 amide bonds. The summed E-state index contributed by atoms with van der Waals surface area (Å²) in [6.45, 7) is 7.50. The zero-order valence-electron chi connectivity index (χ0n) is 29.3. The van der Waals surface area contributed by atoms with Gasteiger partial charge in [0, 0.05) is 39.8 Å². The molecule has 3 fully saturated rings. The van der Waals surface area contributed by atoms with Gasteiger partial charge >= 0.3 is 35.8 Å². The smallest absolute Gasteiger partial charge is 0.340 e. The maximum Gasteiger partial charge on any atom is 0.340 e. The largest absolute Gasteiger partial charge is 0.465 e. The third-order valence-electron chi connectivity index (χ3n) is 10.6. The molecule has 12 atom stereocenters. The first kappa shape index (κ1) is 37.8. The molecule has 51 heavy (non-hydrogen) atoms. The summed E-state index contributed by atoms with van der Waals surface area (Å²) in [6, 6.07) is 2.89. The first-order valence-corrected chi connectivity index (χ1v) is 16.3. The Labute approximate surface area is 292 Å². The van der Waals surface area contributed by atoms with Gasteiger partial charge < -0.3 is 43.4 Å². The van der Waals surface area contributed by atoms with Gasteiger partial charge in [0.2, 0.25) is 0 Å². The van der Waals surface area contributed by atoms with E-state index in [1.165, 1.54) is 32.2 Å². The van der Waals surface area contributed by atoms with Gasteiger partial charge in [-0.2, -0.15) is 0 Å². The van der Waals surface area contributed by atoms with Gasteiger partial charge in [-0.1, -0.05) is 13.8 Å². The highest BCUT2D eigenvalue weighted by Gasteiger charge is 2.91. The third-order valence-corrected chi connectivity index (χ3v) is 10.6. The Kier molecular flexibility index (Phi) is 9.58. The van der Waals surface area contributed by atoms with E-state index in [-0.39, 0.29) is 11.3 Å². The first-order chi connectivity index (χ1) is 23.7. The minimum absolute atomic E-state index is 0.0311. The van der Waals surface area contributed by atoms with E-state index in [2.05, 4.69) is 4.98 Å². The highest BCUT2D eigenvalue weighted by molar-refractivity contribution is 5.94. The molecular weight excluding hydrogens is 678 g/mol. The van der Waals surface area contributed by atoms with Crippen molar-refractivity contribution in [2.45, 2.75) is 109 Å². The Morgan fingerprint density at radius 2 is 1.53 bits per heavy atom. The molecule has 2 aliphatic heterocycles. The minimum atomic E-state index is -2.78. The molecule has 17 heteroatoms. The zero-order chi connectivity index (χ0) is 38.0. The van der Waals surface area contributed by atoms with Gasteiger partial charge in [-0.15, -0.1) is 0 Å². The molecule has 4 bridgehead atoms. The summed E-state index contributed by atoms with van der Waals surface area (Å²) in [7, 11) is 0. The molecule has 1 aromatic heterocycles. The van der Waals surface area contributed by atoms with Crippen LogP contribution in [0.2, 0.25) is 0 Å². The van der Waals surface area contributed by atoms with E-state index in [9.17, 15) is 43.8 Å². The quantitative estimate of drug-likeness (QED) is 0.303. The summed E-state index contributed by atoms with van der Waals surface area (Å²) in [4.78, 5) is 97.7. The van der Waals surface area contributed by atoms with Crippen LogP contribution < -0.4 is 0 Å². The molecule has 0 unspecified atom stereocenters. The van der Waals surface area contributed by atoms with Gasteiger partial charge in [0.05, 0.1) is 23.1 Å². The number of hydrogen-bond acceptors (Lipinski definition) is 17. The SMILES string of the molecule is CC(=O)OC[C@@]12[C@H](OC(C)=O)C(=O)[C@H]3[C@H](OC(C)=O)[C@]14O[C@]3(C)COC(=O)c1cccnc1[C@H](C)[C@@H](C)C(=O)O[C@@H]([C@H](O)[C@H]2OC(C)=O)[C@@]4(C)O. The number of ether oxygens (including phenoxy) is 7. The van der Waals surface area contributed by atoms with Crippen molar-refractivity contribution in [3.8, 4) is 0 Å². The van der Waals surface area contributed by atoms with Crippen molar-refractivity contribution in [1.82, 2.24) is 4.98 Å². The summed E-state index contributed by atoms with van der Waals surface area (Å²) < 4.78 is 40.9. The van der Waals surface area contributed by atoms with Crippen LogP contribution in [0.15, 0.2) is 18.3 Å². The normalized spacial score (nSPS) is 40.2. The standard InChI is InChI=1S/C34H41NO16/c1-14-15(2)29(42)50-26-24(41)28(49-19(6)39)33(13-45-16(3)36)27(48-18(5)38)23(40)21-25(47-17(4)37)34(33,32(26,8)44)51-31(21,7)12-46-30(43)20-10-9-11-35-22(14)20/h9-11,14-15,21,24-28,41,44H,12-13H2,1-8H3/t14-,15-,21+,24+,25+,26+,27-,28-,31-,32-,33+,34-/m1/s1. The lowest BCUT2D eigenvalue weighted by molar-refractivity contribution is -0.376. The fourth-order valence-electron chi connectivity index (χ4n) is 8.41. The van der Waals surface area contributed by atoms with Crippen LogP contribution in [-0.4, -0.2) is 117 Å². The van der Waals surface area contributed by atoms with Crippen molar-refractivity contribution in [3.05, 3.63) is 29.6 Å². The van der Waals surface area contributed by atoms with Gasteiger partial charge in [-0.3, -0.25) is 33.8 Å². The Morgan fingerprint density at radius 1 is 0.922 bits per heavy atom. The van der Waals surface area contributed by atoms with Crippen molar-refractivity contribution in [3.63, 3.8) is 0 Å². The zero-order valence-corrected chi connectivity index (χ0v) is 29.3. The number of hydrogen-bond donors (Lipinski definition) is 2. The second kappa shape index (κ2) is 12.9. The molecule has 1 aromatic rings. The van der Waals surface area contributed by atoms with Crippen molar-refractivity contribution in [2.24, 2.45) is 17.3 Å². The number of ketones is 1. The van der Waals surface area contributed by atoms with Crippen molar-refractivity contribution in [2.75, 3.05) is 13.2 Å². The second-order valence-electron chi connectivity index (χ2n) is 14.0. The molecule has 3 heterocycles. The number of nitrogens with zero attached hydrogens (tertiary/aromatic N) is 1. The number of Topliss-reactive ketones (excluding diaryl/α,β-unsaturated/α-hetero) is 1. The molecule has 5 rings (SSSR count). The number of pyridine rings is 1. The topological polar surface area (TPSA) is 237 Å². The number of fused-ring (bicyclic) bond motifs is 5. The first-order valence-electron chi connectivity index (χ1n) is 16.3. The van der Waals surface area contributed by atoms with Gasteiger partial charge in [-0.05, 0) is 26.0 Å². The Bertz CT molecular complexity index is 1670. The molecule has 1 saturated heterocycles. The molecule has 2 saturated carbocycles. The van der Waals surface area contributed by atoms with Crippen LogP contribution in [0, 0.1) is 17.3 Å². The van der Waals surface area contributed by atoms with Crippen LogP contribution in [0.4, 0.5) is 0 Å². The Hall–Kier alpha value is -4.48. The van der Waals surface area contributed by atoms with E-state index < -0.39 is 125 Å². The van der Waals surface area contributed by atoms with Gasteiger partial charge in [-0.25, -0.2) is 4.79 Å². The van der Waals surface area contributed by atoms with E-state index in [4.69, 9.17) is 33.2 Å². The van der Waals surface area contributed by atoms with Crippen LogP contribution in [0.1, 0.15) is 77.4 Å². The van der Waals surface area contributed by atoms with Gasteiger partial charge in [0.25, 0.3) is 0 Å². The number of aliphatic hydroxyl groups is 2. The maximum absolute atomic E-state index is 14.9. The number of carbonyl (C=O) groups is 7. The van der Waals surface area contributed by atoms with E-state index in [1.54, 1.807) is 6.92 Å². The highest BCUT2D eigenvalue weighted by atomic mass is 16.7. The predicted molar refractivity (Wildman–Crippen MR) is 165 cm³/mol. The maximum atomic E-state index is 14.9. The summed E-state index contributed by atoms with van der Waals surface area (Å²) in [5, 5.41) is 25.0. The fraction of sp³-hybridized carbons (Fsp3) is 0.647. The molecule has 0 aromatic carbocycles. The van der Waals surface area contributed by atoms with Crippen molar-refractivity contribution >= 4 is 41.6 Å². The van der Waals surface area contributed by atoms with Crippen LogP contribution >= 0.6 is 0 Å². The van der Waals surface area contributed by atoms with Crippen molar-refractivity contribution in [1.29, 1.82) is 0 Å². The molecular formula is C34H41NO16. The molecule has 2 N–H and O–H groups in total. The highest BCUT2D eigenvalue weighted by Crippen LogP contribution is 2.68. The van der Waals surface area contributed by atoms with E-state index in [0.29, 0.717) is 0 Å². The van der Waals surface area contributed by atoms with Crippen LogP contribution in [-0.2, 0) is 61.9 Å². The van der Waals surface area contributed by atoms with Crippen molar-refractivity contribution < 1.29 is 76.9 Å². The second-order valence-corrected chi connectivity index (χ2v) is 14.0. The summed E-state index contributed by atoms with van der Waals surface area (Å²) >= 11 is 0. The summed E-state index contributed by atoms with van der Waals surface area (Å²) in [6.07, 6.45) is -9.12.